The monoisotopic (exact) mass is 487 g/mol. The molecule has 1 amide bonds. The summed E-state index contributed by atoms with van der Waals surface area (Å²) in [5, 5.41) is 16.5. The third kappa shape index (κ3) is 5.49. The van der Waals surface area contributed by atoms with Gasteiger partial charge in [0.05, 0.1) is 19.2 Å². The Balaban J connectivity index is 1.51. The molecular weight excluding hydrogens is 450 g/mol. The summed E-state index contributed by atoms with van der Waals surface area (Å²) in [6.45, 7) is 8.89. The van der Waals surface area contributed by atoms with Gasteiger partial charge >= 0.3 is 0 Å². The van der Waals surface area contributed by atoms with Gasteiger partial charge in [-0.3, -0.25) is 4.79 Å². The summed E-state index contributed by atoms with van der Waals surface area (Å²) in [5.41, 5.74) is 16.3. The molecule has 0 aliphatic carbocycles. The zero-order valence-corrected chi connectivity index (χ0v) is 21.9. The van der Waals surface area contributed by atoms with Crippen molar-refractivity contribution in [3.05, 3.63) is 87.0 Å². The summed E-state index contributed by atoms with van der Waals surface area (Å²) < 4.78 is 5.41. The van der Waals surface area contributed by atoms with Crippen molar-refractivity contribution in [2.45, 2.75) is 59.0 Å². The second-order valence-electron chi connectivity index (χ2n) is 9.98. The smallest absolute Gasteiger partial charge is 0.237 e. The topological polar surface area (TPSA) is 96.6 Å². The number of aromatic hydroxyl groups is 1. The lowest BCUT2D eigenvalue weighted by molar-refractivity contribution is -0.123. The Morgan fingerprint density at radius 2 is 1.69 bits per heavy atom. The molecule has 3 aromatic carbocycles. The Bertz CT molecular complexity index is 1240. The molecule has 0 spiro atoms. The first-order valence-corrected chi connectivity index (χ1v) is 12.5. The van der Waals surface area contributed by atoms with Gasteiger partial charge in [0.25, 0.3) is 0 Å². The molecule has 0 aromatic heterocycles. The van der Waals surface area contributed by atoms with Crippen molar-refractivity contribution >= 4 is 11.6 Å². The highest BCUT2D eigenvalue weighted by molar-refractivity contribution is 5.82. The van der Waals surface area contributed by atoms with Crippen LogP contribution < -0.4 is 21.1 Å². The molecule has 0 bridgehead atoms. The fraction of sp³-hybridized carbons (Fsp3) is 0.367. The molecule has 36 heavy (non-hydrogen) atoms. The van der Waals surface area contributed by atoms with E-state index in [1.165, 1.54) is 22.3 Å². The van der Waals surface area contributed by atoms with Crippen molar-refractivity contribution in [2.24, 2.45) is 5.73 Å². The third-order valence-electron chi connectivity index (χ3n) is 7.28. The molecule has 0 saturated carbocycles. The Labute approximate surface area is 213 Å². The minimum Gasteiger partial charge on any atom is -0.508 e. The largest absolute Gasteiger partial charge is 0.508 e. The van der Waals surface area contributed by atoms with Crippen LogP contribution in [0.3, 0.4) is 0 Å². The van der Waals surface area contributed by atoms with E-state index in [0.717, 1.165) is 53.1 Å². The van der Waals surface area contributed by atoms with Gasteiger partial charge in [0.2, 0.25) is 5.91 Å². The number of hydrogen-bond acceptors (Lipinski definition) is 5. The number of methoxy groups -OCH3 is 1. The number of hydrogen-bond donors (Lipinski definition) is 4. The summed E-state index contributed by atoms with van der Waals surface area (Å²) in [4.78, 5) is 13.1. The molecule has 0 unspecified atom stereocenters. The van der Waals surface area contributed by atoms with Crippen molar-refractivity contribution in [3.63, 3.8) is 0 Å². The van der Waals surface area contributed by atoms with Gasteiger partial charge in [-0.1, -0.05) is 12.1 Å². The molecule has 1 heterocycles. The van der Waals surface area contributed by atoms with Crippen molar-refractivity contribution in [3.8, 4) is 11.5 Å². The van der Waals surface area contributed by atoms with Gasteiger partial charge in [0, 0.05) is 12.2 Å². The predicted molar refractivity (Wildman–Crippen MR) is 145 cm³/mol. The van der Waals surface area contributed by atoms with Gasteiger partial charge in [0.15, 0.2) is 0 Å². The zero-order valence-electron chi connectivity index (χ0n) is 21.9. The number of nitrogens with two attached hydrogens (primary N) is 1. The second kappa shape index (κ2) is 10.6. The Morgan fingerprint density at radius 3 is 2.33 bits per heavy atom. The molecule has 1 aliphatic heterocycles. The van der Waals surface area contributed by atoms with E-state index < -0.39 is 6.04 Å². The Hall–Kier alpha value is -3.51. The lowest BCUT2D eigenvalue weighted by Crippen LogP contribution is -2.44. The lowest BCUT2D eigenvalue weighted by Gasteiger charge is -2.29. The van der Waals surface area contributed by atoms with Crippen LogP contribution in [0.1, 0.15) is 57.0 Å². The number of anilines is 1. The molecule has 4 rings (SSSR count). The van der Waals surface area contributed by atoms with E-state index in [0.29, 0.717) is 6.42 Å². The highest BCUT2D eigenvalue weighted by Gasteiger charge is 2.25. The highest BCUT2D eigenvalue weighted by Crippen LogP contribution is 2.32. The Morgan fingerprint density at radius 1 is 1.06 bits per heavy atom. The summed E-state index contributed by atoms with van der Waals surface area (Å²) >= 11 is 0. The van der Waals surface area contributed by atoms with Gasteiger partial charge in [-0.25, -0.2) is 0 Å². The summed E-state index contributed by atoms with van der Waals surface area (Å²) in [7, 11) is 1.69. The standard InChI is InChI=1S/C30H37N3O3/c1-17-10-22(34)11-18(2)25(17)16-27(31)30(35)33-29-8-9-32-28-7-6-21(15-26(28)29)14-24-19(3)12-23(36-5)13-20(24)4/h6-7,10-13,15,27,29,32,34H,8-9,14,16,31H2,1-5H3,(H,33,35)/t27-,29+/m0/s1. The molecule has 6 heteroatoms. The first-order valence-electron chi connectivity index (χ1n) is 12.5. The van der Waals surface area contributed by atoms with Crippen LogP contribution >= 0.6 is 0 Å². The molecule has 0 saturated heterocycles. The van der Waals surface area contributed by atoms with E-state index in [4.69, 9.17) is 10.5 Å². The van der Waals surface area contributed by atoms with Crippen LogP contribution in [-0.4, -0.2) is 30.7 Å². The molecule has 0 fully saturated rings. The normalized spacial score (nSPS) is 15.6. The quantitative estimate of drug-likeness (QED) is 0.385. The van der Waals surface area contributed by atoms with Crippen LogP contribution in [-0.2, 0) is 17.6 Å². The number of phenolic OH excluding ortho intramolecular Hbond substituents is 1. The van der Waals surface area contributed by atoms with Crippen LogP contribution in [0.5, 0.6) is 11.5 Å². The van der Waals surface area contributed by atoms with Crippen molar-refractivity contribution in [2.75, 3.05) is 19.0 Å². The van der Waals surface area contributed by atoms with E-state index in [1.807, 2.05) is 13.8 Å². The average molecular weight is 488 g/mol. The van der Waals surface area contributed by atoms with E-state index in [9.17, 15) is 9.90 Å². The van der Waals surface area contributed by atoms with E-state index >= 15 is 0 Å². The fourth-order valence-corrected chi connectivity index (χ4v) is 5.27. The van der Waals surface area contributed by atoms with Crippen molar-refractivity contribution in [1.82, 2.24) is 5.32 Å². The number of carbonyl (C=O) groups is 1. The number of nitrogens with one attached hydrogen (secondary N) is 2. The molecule has 1 aliphatic rings. The number of aryl methyl sites for hydroxylation is 4. The maximum Gasteiger partial charge on any atom is 0.237 e. The van der Waals surface area contributed by atoms with Crippen LogP contribution in [0.15, 0.2) is 42.5 Å². The number of carbonyl (C=O) groups excluding carboxylic acids is 1. The van der Waals surface area contributed by atoms with E-state index in [-0.39, 0.29) is 17.7 Å². The first-order chi connectivity index (χ1) is 17.2. The van der Waals surface area contributed by atoms with Crippen LogP contribution in [0, 0.1) is 27.7 Å². The second-order valence-corrected chi connectivity index (χ2v) is 9.98. The van der Waals surface area contributed by atoms with Crippen LogP contribution in [0.25, 0.3) is 0 Å². The minimum absolute atomic E-state index is 0.0974. The first kappa shape index (κ1) is 25.6. The van der Waals surface area contributed by atoms with Gasteiger partial charge in [-0.15, -0.1) is 0 Å². The number of phenols is 1. The average Bonchev–Trinajstić information content (AvgIpc) is 2.83. The third-order valence-corrected chi connectivity index (χ3v) is 7.28. The molecule has 0 radical (unpaired) electrons. The van der Waals surface area contributed by atoms with Crippen molar-refractivity contribution in [1.29, 1.82) is 0 Å². The zero-order chi connectivity index (χ0) is 26.0. The SMILES string of the molecule is COc1cc(C)c(Cc2ccc3c(c2)[C@H](NC(=O)[C@@H](N)Cc2c(C)cc(O)cc2C)CCN3)c(C)c1. The molecule has 190 valence electrons. The van der Waals surface area contributed by atoms with Gasteiger partial charge in [0.1, 0.15) is 11.5 Å². The molecule has 2 atom stereocenters. The summed E-state index contributed by atoms with van der Waals surface area (Å²) in [5.74, 6) is 0.945. The number of rotatable bonds is 7. The van der Waals surface area contributed by atoms with Crippen molar-refractivity contribution < 1.29 is 14.6 Å². The van der Waals surface area contributed by atoms with E-state index in [2.05, 4.69) is 54.8 Å². The molecule has 6 nitrogen and oxygen atoms in total. The number of amides is 1. The molecule has 5 N–H and O–H groups in total. The number of ether oxygens (including phenoxy) is 1. The maximum absolute atomic E-state index is 13.1. The number of benzene rings is 3. The van der Waals surface area contributed by atoms with Gasteiger partial charge in [-0.2, -0.15) is 0 Å². The predicted octanol–water partition coefficient (Wildman–Crippen LogP) is 4.77. The van der Waals surface area contributed by atoms with E-state index in [1.54, 1.807) is 19.2 Å². The van der Waals surface area contributed by atoms with Crippen LogP contribution in [0.4, 0.5) is 5.69 Å². The highest BCUT2D eigenvalue weighted by atomic mass is 16.5. The van der Waals surface area contributed by atoms with Gasteiger partial charge in [-0.05, 0) is 122 Å². The lowest BCUT2D eigenvalue weighted by atomic mass is 9.91. The van der Waals surface area contributed by atoms with Crippen LogP contribution in [0.2, 0.25) is 0 Å². The summed E-state index contributed by atoms with van der Waals surface area (Å²) in [6, 6.07) is 13.3. The summed E-state index contributed by atoms with van der Waals surface area (Å²) in [6.07, 6.45) is 2.04. The fourth-order valence-electron chi connectivity index (χ4n) is 5.27. The molecule has 3 aromatic rings. The maximum atomic E-state index is 13.1. The molecular formula is C30H37N3O3. The Kier molecular flexibility index (Phi) is 7.55. The minimum atomic E-state index is -0.668. The van der Waals surface area contributed by atoms with Gasteiger partial charge < -0.3 is 26.2 Å². The number of fused-ring (bicyclic) bond motifs is 1.